The molecule has 0 aliphatic rings. The second-order valence-corrected chi connectivity index (χ2v) is 7.92. The second-order valence-electron chi connectivity index (χ2n) is 6.29. The van der Waals surface area contributed by atoms with Crippen molar-refractivity contribution in [1.29, 1.82) is 0 Å². The van der Waals surface area contributed by atoms with Gasteiger partial charge in [0.1, 0.15) is 11.6 Å². The quantitative estimate of drug-likeness (QED) is 0.500. The summed E-state index contributed by atoms with van der Waals surface area (Å²) in [5.74, 6) is 1.84. The van der Waals surface area contributed by atoms with Crippen molar-refractivity contribution in [2.24, 2.45) is 7.05 Å². The topological polar surface area (TPSA) is 120 Å². The summed E-state index contributed by atoms with van der Waals surface area (Å²) in [5, 5.41) is 7.32. The van der Waals surface area contributed by atoms with Crippen LogP contribution in [-0.2, 0) is 17.1 Å². The van der Waals surface area contributed by atoms with Crippen molar-refractivity contribution in [1.82, 2.24) is 29.3 Å². The molecular weight excluding hydrogens is 392 g/mol. The van der Waals surface area contributed by atoms with Crippen LogP contribution in [0.25, 0.3) is 5.82 Å². The maximum absolute atomic E-state index is 12.4. The van der Waals surface area contributed by atoms with Crippen LogP contribution in [0, 0.1) is 6.92 Å². The normalized spacial score (nSPS) is 11.4. The largest absolute Gasteiger partial charge is 0.340 e. The number of nitrogens with zero attached hydrogens (tertiary/aromatic N) is 6. The predicted octanol–water partition coefficient (Wildman–Crippen LogP) is 2.25. The van der Waals surface area contributed by atoms with E-state index >= 15 is 0 Å². The van der Waals surface area contributed by atoms with E-state index in [-0.39, 0.29) is 5.03 Å². The number of aromatic nitrogens is 6. The van der Waals surface area contributed by atoms with Gasteiger partial charge in [0, 0.05) is 43.1 Å². The highest BCUT2D eigenvalue weighted by Crippen LogP contribution is 2.21. The minimum atomic E-state index is -3.73. The van der Waals surface area contributed by atoms with Crippen molar-refractivity contribution in [3.63, 3.8) is 0 Å². The van der Waals surface area contributed by atoms with E-state index in [2.05, 4.69) is 30.1 Å². The van der Waals surface area contributed by atoms with Gasteiger partial charge in [0.15, 0.2) is 10.8 Å². The van der Waals surface area contributed by atoms with Gasteiger partial charge in [0.25, 0.3) is 10.0 Å². The first-order chi connectivity index (χ1) is 13.9. The molecule has 0 fully saturated rings. The molecule has 10 nitrogen and oxygen atoms in total. The van der Waals surface area contributed by atoms with Crippen LogP contribution in [0.15, 0.2) is 66.3 Å². The average molecular weight is 410 g/mol. The van der Waals surface area contributed by atoms with E-state index in [4.69, 9.17) is 0 Å². The van der Waals surface area contributed by atoms with Crippen LogP contribution in [0.3, 0.4) is 0 Å². The first-order valence-corrected chi connectivity index (χ1v) is 10.1. The van der Waals surface area contributed by atoms with Crippen molar-refractivity contribution in [3.05, 3.63) is 67.1 Å². The van der Waals surface area contributed by atoms with Gasteiger partial charge in [-0.05, 0) is 37.3 Å². The Hall–Kier alpha value is -3.73. The minimum Gasteiger partial charge on any atom is -0.340 e. The Labute approximate surface area is 167 Å². The molecule has 4 aromatic rings. The van der Waals surface area contributed by atoms with Crippen LogP contribution >= 0.6 is 0 Å². The number of aryl methyl sites for hydroxylation is 2. The molecule has 0 saturated carbocycles. The van der Waals surface area contributed by atoms with Gasteiger partial charge < -0.3 is 9.88 Å². The van der Waals surface area contributed by atoms with Crippen LogP contribution in [0.2, 0.25) is 0 Å². The highest BCUT2D eigenvalue weighted by Gasteiger charge is 2.17. The molecule has 0 aliphatic carbocycles. The minimum absolute atomic E-state index is 0.0372. The number of nitrogens with one attached hydrogen (secondary N) is 2. The summed E-state index contributed by atoms with van der Waals surface area (Å²) in [5.41, 5.74) is 1.17. The zero-order chi connectivity index (χ0) is 20.4. The maximum Gasteiger partial charge on any atom is 0.280 e. The lowest BCUT2D eigenvalue weighted by Crippen LogP contribution is -2.13. The maximum atomic E-state index is 12.4. The third kappa shape index (κ3) is 4.24. The summed E-state index contributed by atoms with van der Waals surface area (Å²) in [7, 11) is -2.03. The number of sulfonamides is 1. The third-order valence-corrected chi connectivity index (χ3v) is 5.20. The van der Waals surface area contributed by atoms with Gasteiger partial charge in [-0.3, -0.25) is 4.72 Å². The molecule has 4 rings (SSSR count). The van der Waals surface area contributed by atoms with Gasteiger partial charge >= 0.3 is 0 Å². The summed E-state index contributed by atoms with van der Waals surface area (Å²) in [6.07, 6.45) is 6.35. The van der Waals surface area contributed by atoms with Crippen LogP contribution < -0.4 is 10.0 Å². The molecule has 0 atom stereocenters. The lowest BCUT2D eigenvalue weighted by Gasteiger charge is -2.10. The standard InChI is InChI=1S/C18H18N8O2S/c1-13-21-16(10-17(22-13)26-9-3-8-20-26)23-14-4-6-15(7-5-14)24-29(27,28)18-11-25(2)12-19-18/h3-12,24H,1-2H3,(H,21,22,23). The molecule has 11 heteroatoms. The first-order valence-electron chi connectivity index (χ1n) is 8.63. The number of hydrogen-bond acceptors (Lipinski definition) is 7. The van der Waals surface area contributed by atoms with Gasteiger partial charge in [-0.2, -0.15) is 13.5 Å². The van der Waals surface area contributed by atoms with Crippen LogP contribution in [-0.4, -0.2) is 37.7 Å². The molecule has 29 heavy (non-hydrogen) atoms. The first kappa shape index (κ1) is 18.6. The fourth-order valence-electron chi connectivity index (χ4n) is 2.64. The van der Waals surface area contributed by atoms with Gasteiger partial charge in [-0.25, -0.2) is 19.6 Å². The van der Waals surface area contributed by atoms with Crippen molar-refractivity contribution >= 4 is 27.2 Å². The number of hydrogen-bond donors (Lipinski definition) is 2. The number of benzene rings is 1. The zero-order valence-corrected chi connectivity index (χ0v) is 16.5. The molecule has 0 amide bonds. The molecule has 0 spiro atoms. The van der Waals surface area contributed by atoms with Crippen molar-refractivity contribution in [3.8, 4) is 5.82 Å². The van der Waals surface area contributed by atoms with Crippen molar-refractivity contribution in [2.45, 2.75) is 11.9 Å². The van der Waals surface area contributed by atoms with Gasteiger partial charge in [0.2, 0.25) is 0 Å². The molecule has 2 N–H and O–H groups in total. The van der Waals surface area contributed by atoms with Crippen molar-refractivity contribution < 1.29 is 8.42 Å². The van der Waals surface area contributed by atoms with Gasteiger partial charge in [-0.15, -0.1) is 0 Å². The SMILES string of the molecule is Cc1nc(Nc2ccc(NS(=O)(=O)c3cn(C)cn3)cc2)cc(-n2cccn2)n1. The fourth-order valence-corrected chi connectivity index (χ4v) is 3.68. The molecule has 3 heterocycles. The summed E-state index contributed by atoms with van der Waals surface area (Å²) >= 11 is 0. The molecule has 0 aliphatic heterocycles. The van der Waals surface area contributed by atoms with Crippen molar-refractivity contribution in [2.75, 3.05) is 10.0 Å². The van der Waals surface area contributed by atoms with E-state index in [0.717, 1.165) is 5.69 Å². The van der Waals surface area contributed by atoms with E-state index in [1.165, 1.54) is 12.5 Å². The molecule has 0 radical (unpaired) electrons. The molecule has 0 bridgehead atoms. The Bertz CT molecular complexity index is 1230. The third-order valence-electron chi connectivity index (χ3n) is 3.93. The Balaban J connectivity index is 1.50. The Morgan fingerprint density at radius 3 is 2.48 bits per heavy atom. The van der Waals surface area contributed by atoms with Crippen LogP contribution in [0.4, 0.5) is 17.2 Å². The van der Waals surface area contributed by atoms with E-state index in [1.54, 1.807) is 65.9 Å². The smallest absolute Gasteiger partial charge is 0.280 e. The van der Waals surface area contributed by atoms with Crippen LogP contribution in [0.1, 0.15) is 5.82 Å². The summed E-state index contributed by atoms with van der Waals surface area (Å²) in [6, 6.07) is 10.4. The van der Waals surface area contributed by atoms with Gasteiger partial charge in [-0.1, -0.05) is 0 Å². The van der Waals surface area contributed by atoms with E-state index in [0.29, 0.717) is 23.1 Å². The van der Waals surface area contributed by atoms with Crippen LogP contribution in [0.5, 0.6) is 0 Å². The Kier molecular flexibility index (Phi) is 4.72. The summed E-state index contributed by atoms with van der Waals surface area (Å²) in [6.45, 7) is 1.80. The van der Waals surface area contributed by atoms with Gasteiger partial charge in [0.05, 0.1) is 6.33 Å². The molecule has 3 aromatic heterocycles. The fraction of sp³-hybridized carbons (Fsp3) is 0.111. The molecule has 0 unspecified atom stereocenters. The Morgan fingerprint density at radius 2 is 1.83 bits per heavy atom. The highest BCUT2D eigenvalue weighted by molar-refractivity contribution is 7.92. The summed E-state index contributed by atoms with van der Waals surface area (Å²) in [4.78, 5) is 12.6. The lowest BCUT2D eigenvalue weighted by atomic mass is 10.3. The lowest BCUT2D eigenvalue weighted by molar-refractivity contribution is 0.598. The monoisotopic (exact) mass is 410 g/mol. The predicted molar refractivity (Wildman–Crippen MR) is 108 cm³/mol. The molecule has 148 valence electrons. The number of anilines is 3. The molecule has 0 saturated heterocycles. The Morgan fingerprint density at radius 1 is 1.07 bits per heavy atom. The highest BCUT2D eigenvalue weighted by atomic mass is 32.2. The second kappa shape index (κ2) is 7.36. The molecular formula is C18H18N8O2S. The van der Waals surface area contributed by atoms with E-state index < -0.39 is 10.0 Å². The average Bonchev–Trinajstić information content (AvgIpc) is 3.35. The van der Waals surface area contributed by atoms with E-state index in [1.807, 2.05) is 6.07 Å². The number of rotatable bonds is 6. The van der Waals surface area contributed by atoms with E-state index in [9.17, 15) is 8.42 Å². The zero-order valence-electron chi connectivity index (χ0n) is 15.7. The number of imidazole rings is 1. The molecule has 1 aromatic carbocycles. The summed E-state index contributed by atoms with van der Waals surface area (Å²) < 4.78 is 30.4.